The third kappa shape index (κ3) is 1.77. The van der Waals surface area contributed by atoms with Crippen LogP contribution in [0.2, 0.25) is 0 Å². The van der Waals surface area contributed by atoms with Crippen LogP contribution in [0.1, 0.15) is 26.7 Å². The molecule has 19 heavy (non-hydrogen) atoms. The molecule has 6 atom stereocenters. The smallest absolute Gasteiger partial charge is 0.334 e. The van der Waals surface area contributed by atoms with E-state index in [2.05, 4.69) is 6.58 Å². The Morgan fingerprint density at radius 1 is 1.53 bits per heavy atom. The van der Waals surface area contributed by atoms with E-state index in [0.717, 1.165) is 5.57 Å². The van der Waals surface area contributed by atoms with Crippen molar-refractivity contribution >= 4 is 5.97 Å². The van der Waals surface area contributed by atoms with Gasteiger partial charge in [0.05, 0.1) is 11.7 Å². The Bertz CT molecular complexity index is 477. The van der Waals surface area contributed by atoms with Gasteiger partial charge in [0, 0.05) is 23.8 Å². The highest BCUT2D eigenvalue weighted by Gasteiger charge is 2.54. The Morgan fingerprint density at radius 3 is 2.89 bits per heavy atom. The van der Waals surface area contributed by atoms with Crippen LogP contribution in [0.25, 0.3) is 0 Å². The van der Waals surface area contributed by atoms with Gasteiger partial charge >= 0.3 is 5.97 Å². The minimum Gasteiger partial charge on any atom is -0.454 e. The van der Waals surface area contributed by atoms with Crippen LogP contribution < -0.4 is 0 Å². The highest BCUT2D eigenvalue weighted by Crippen LogP contribution is 2.51. The molecule has 0 bridgehead atoms. The average Bonchev–Trinajstić information content (AvgIpc) is 2.61. The number of esters is 1. The first-order valence-electron chi connectivity index (χ1n) is 6.80. The number of rotatable bonds is 0. The zero-order valence-corrected chi connectivity index (χ0v) is 11.3. The lowest BCUT2D eigenvalue weighted by atomic mass is 9.78. The number of aliphatic hydroxyl groups is 2. The third-order valence-electron chi connectivity index (χ3n) is 5.08. The van der Waals surface area contributed by atoms with E-state index in [-0.39, 0.29) is 29.8 Å². The van der Waals surface area contributed by atoms with Gasteiger partial charge in [0.2, 0.25) is 0 Å². The van der Waals surface area contributed by atoms with Crippen LogP contribution in [0, 0.1) is 17.8 Å². The molecule has 0 aromatic carbocycles. The summed E-state index contributed by atoms with van der Waals surface area (Å²) in [7, 11) is 0. The number of carbonyl (C=O) groups is 1. The normalized spacial score (nSPS) is 49.3. The fourth-order valence-electron chi connectivity index (χ4n) is 4.08. The molecule has 0 spiro atoms. The molecule has 2 aliphatic carbocycles. The molecule has 104 valence electrons. The Labute approximate surface area is 112 Å². The van der Waals surface area contributed by atoms with E-state index in [1.54, 1.807) is 6.92 Å². The van der Waals surface area contributed by atoms with Gasteiger partial charge in [-0.3, -0.25) is 0 Å². The molecule has 4 heteroatoms. The summed E-state index contributed by atoms with van der Waals surface area (Å²) in [5, 5.41) is 20.7. The topological polar surface area (TPSA) is 66.8 Å². The van der Waals surface area contributed by atoms with Crippen LogP contribution in [-0.2, 0) is 9.53 Å². The van der Waals surface area contributed by atoms with Gasteiger partial charge < -0.3 is 14.9 Å². The monoisotopic (exact) mass is 264 g/mol. The van der Waals surface area contributed by atoms with Gasteiger partial charge in [-0.05, 0) is 32.3 Å². The van der Waals surface area contributed by atoms with E-state index in [9.17, 15) is 15.0 Å². The molecule has 1 saturated carbocycles. The molecular weight excluding hydrogens is 244 g/mol. The van der Waals surface area contributed by atoms with Crippen molar-refractivity contribution in [3.63, 3.8) is 0 Å². The molecule has 4 nitrogen and oxygen atoms in total. The minimum absolute atomic E-state index is 0.0490. The Hall–Kier alpha value is -1.13. The van der Waals surface area contributed by atoms with Crippen molar-refractivity contribution in [2.45, 2.75) is 44.5 Å². The second kappa shape index (κ2) is 3.93. The average molecular weight is 264 g/mol. The van der Waals surface area contributed by atoms with Crippen molar-refractivity contribution in [3.8, 4) is 0 Å². The molecule has 1 heterocycles. The molecule has 1 saturated heterocycles. The molecule has 0 amide bonds. The molecule has 0 aromatic heterocycles. The maximum atomic E-state index is 11.6. The van der Waals surface area contributed by atoms with Crippen LogP contribution in [-0.4, -0.2) is 34.0 Å². The van der Waals surface area contributed by atoms with E-state index in [1.807, 2.05) is 13.0 Å². The SMILES string of the molecule is C=C1C(=O)O[C@H]2C=C(C)[C@H]3[C@H](O)C[C@@](C)(O)[C@H]3C[C@@H]12. The molecule has 3 aliphatic rings. The van der Waals surface area contributed by atoms with E-state index in [1.165, 1.54) is 0 Å². The van der Waals surface area contributed by atoms with Gasteiger partial charge in [0.25, 0.3) is 0 Å². The van der Waals surface area contributed by atoms with Crippen molar-refractivity contribution in [1.82, 2.24) is 0 Å². The van der Waals surface area contributed by atoms with E-state index >= 15 is 0 Å². The minimum atomic E-state index is -0.903. The third-order valence-corrected chi connectivity index (χ3v) is 5.08. The van der Waals surface area contributed by atoms with E-state index < -0.39 is 11.7 Å². The van der Waals surface area contributed by atoms with E-state index in [0.29, 0.717) is 18.4 Å². The summed E-state index contributed by atoms with van der Waals surface area (Å²) in [6.07, 6.45) is 2.13. The lowest BCUT2D eigenvalue weighted by Crippen LogP contribution is -2.33. The van der Waals surface area contributed by atoms with Crippen LogP contribution >= 0.6 is 0 Å². The largest absolute Gasteiger partial charge is 0.454 e. The predicted molar refractivity (Wildman–Crippen MR) is 69.1 cm³/mol. The summed E-state index contributed by atoms with van der Waals surface area (Å²) in [6.45, 7) is 7.54. The van der Waals surface area contributed by atoms with Crippen molar-refractivity contribution < 1.29 is 19.7 Å². The number of ether oxygens (including phenoxy) is 1. The first-order chi connectivity index (χ1) is 8.81. The van der Waals surface area contributed by atoms with Crippen molar-refractivity contribution in [3.05, 3.63) is 23.8 Å². The number of fused-ring (bicyclic) bond motifs is 2. The molecule has 0 radical (unpaired) electrons. The zero-order chi connectivity index (χ0) is 13.9. The van der Waals surface area contributed by atoms with Crippen molar-refractivity contribution in [2.75, 3.05) is 0 Å². The maximum absolute atomic E-state index is 11.6. The quantitative estimate of drug-likeness (QED) is 0.392. The van der Waals surface area contributed by atoms with Crippen molar-refractivity contribution in [2.24, 2.45) is 17.8 Å². The molecule has 0 unspecified atom stereocenters. The molecule has 2 N–H and O–H groups in total. The summed E-state index contributed by atoms with van der Waals surface area (Å²) in [5.74, 6) is -0.517. The first kappa shape index (κ1) is 12.9. The number of hydrogen-bond donors (Lipinski definition) is 2. The summed E-state index contributed by atoms with van der Waals surface area (Å²) in [4.78, 5) is 11.6. The lowest BCUT2D eigenvalue weighted by Gasteiger charge is -2.30. The van der Waals surface area contributed by atoms with Gasteiger partial charge in [-0.25, -0.2) is 4.79 Å². The zero-order valence-electron chi connectivity index (χ0n) is 11.3. The van der Waals surface area contributed by atoms with Crippen molar-refractivity contribution in [1.29, 1.82) is 0 Å². The highest BCUT2D eigenvalue weighted by atomic mass is 16.5. The van der Waals surface area contributed by atoms with Crippen LogP contribution in [0.15, 0.2) is 23.8 Å². The highest BCUT2D eigenvalue weighted by molar-refractivity contribution is 5.91. The van der Waals surface area contributed by atoms with E-state index in [4.69, 9.17) is 4.74 Å². The number of hydrogen-bond acceptors (Lipinski definition) is 4. The van der Waals surface area contributed by atoms with Gasteiger partial charge in [-0.15, -0.1) is 0 Å². The number of carbonyl (C=O) groups excluding carboxylic acids is 1. The second-order valence-corrected chi connectivity index (χ2v) is 6.41. The van der Waals surface area contributed by atoms with Crippen LogP contribution in [0.4, 0.5) is 0 Å². The predicted octanol–water partition coefficient (Wildman–Crippen LogP) is 1.18. The molecule has 3 rings (SSSR count). The van der Waals surface area contributed by atoms with Gasteiger partial charge in [0.1, 0.15) is 6.10 Å². The molecule has 1 aliphatic heterocycles. The molecule has 2 fully saturated rings. The van der Waals surface area contributed by atoms with Gasteiger partial charge in [-0.1, -0.05) is 12.2 Å². The van der Waals surface area contributed by atoms with Gasteiger partial charge in [-0.2, -0.15) is 0 Å². The Balaban J connectivity index is 2.01. The second-order valence-electron chi connectivity index (χ2n) is 6.41. The lowest BCUT2D eigenvalue weighted by molar-refractivity contribution is -0.137. The fraction of sp³-hybridized carbons (Fsp3) is 0.667. The van der Waals surface area contributed by atoms with Crippen LogP contribution in [0.5, 0.6) is 0 Å². The maximum Gasteiger partial charge on any atom is 0.334 e. The number of aliphatic hydroxyl groups excluding tert-OH is 1. The summed E-state index contributed by atoms with van der Waals surface area (Å²) >= 11 is 0. The Kier molecular flexibility index (Phi) is 2.67. The first-order valence-corrected chi connectivity index (χ1v) is 6.80. The van der Waals surface area contributed by atoms with Gasteiger partial charge in [0.15, 0.2) is 0 Å². The molecule has 0 aromatic rings. The standard InChI is InChI=1S/C15H20O4/c1-7-4-12-9(8(2)14(17)19-12)5-10-13(7)11(16)6-15(10,3)18/h4,9-13,16,18H,2,5-6H2,1,3H3/t9-,10-,11+,12-,13+,15+/m0/s1. The van der Waals surface area contributed by atoms with Crippen LogP contribution in [0.3, 0.4) is 0 Å². The summed E-state index contributed by atoms with van der Waals surface area (Å²) in [6, 6.07) is 0. The fourth-order valence-corrected chi connectivity index (χ4v) is 4.08. The summed E-state index contributed by atoms with van der Waals surface area (Å²) in [5.41, 5.74) is 0.595. The molecular formula is C15H20O4. The summed E-state index contributed by atoms with van der Waals surface area (Å²) < 4.78 is 5.32. The Morgan fingerprint density at radius 2 is 2.21 bits per heavy atom.